The van der Waals surface area contributed by atoms with Crippen LogP contribution in [0.1, 0.15) is 29.1 Å². The standard InChI is InChI=1S/C15H15F3N2O4/c1-8(21)11-12(9-3-5-10(23-2)6-4-9)20-24-13(11)14(22)19-7-15(16,17)18/h3-6,8,21H,7H2,1-2H3,(H,19,22). The Morgan fingerprint density at radius 2 is 2.00 bits per heavy atom. The van der Waals surface area contributed by atoms with Crippen LogP contribution in [0.2, 0.25) is 0 Å². The number of hydrogen-bond donors (Lipinski definition) is 2. The van der Waals surface area contributed by atoms with E-state index in [1.54, 1.807) is 29.6 Å². The second kappa shape index (κ2) is 6.91. The summed E-state index contributed by atoms with van der Waals surface area (Å²) in [6, 6.07) is 6.53. The molecule has 0 saturated heterocycles. The highest BCUT2D eigenvalue weighted by Crippen LogP contribution is 2.31. The molecule has 1 amide bonds. The molecule has 0 fully saturated rings. The second-order valence-electron chi connectivity index (χ2n) is 4.98. The smallest absolute Gasteiger partial charge is 0.405 e. The quantitative estimate of drug-likeness (QED) is 0.871. The van der Waals surface area contributed by atoms with Crippen LogP contribution in [0.3, 0.4) is 0 Å². The fourth-order valence-corrected chi connectivity index (χ4v) is 2.07. The van der Waals surface area contributed by atoms with E-state index < -0.39 is 30.5 Å². The lowest BCUT2D eigenvalue weighted by atomic mass is 10.0. The summed E-state index contributed by atoms with van der Waals surface area (Å²) in [7, 11) is 1.50. The molecule has 9 heteroatoms. The molecule has 2 N–H and O–H groups in total. The molecule has 1 unspecified atom stereocenters. The predicted molar refractivity (Wildman–Crippen MR) is 77.5 cm³/mol. The Bertz CT molecular complexity index is 708. The normalized spacial score (nSPS) is 12.8. The van der Waals surface area contributed by atoms with Gasteiger partial charge in [-0.15, -0.1) is 0 Å². The summed E-state index contributed by atoms with van der Waals surface area (Å²) in [6.45, 7) is -0.149. The van der Waals surface area contributed by atoms with Gasteiger partial charge in [0.25, 0.3) is 5.91 Å². The molecule has 0 radical (unpaired) electrons. The number of methoxy groups -OCH3 is 1. The molecular formula is C15H15F3N2O4. The van der Waals surface area contributed by atoms with Crippen LogP contribution in [0.15, 0.2) is 28.8 Å². The fourth-order valence-electron chi connectivity index (χ4n) is 2.07. The van der Waals surface area contributed by atoms with Crippen molar-refractivity contribution < 1.29 is 32.3 Å². The minimum absolute atomic E-state index is 0.0137. The van der Waals surface area contributed by atoms with Crippen molar-refractivity contribution in [1.82, 2.24) is 10.5 Å². The summed E-state index contributed by atoms with van der Waals surface area (Å²) in [5.74, 6) is -0.973. The number of aromatic nitrogens is 1. The molecule has 1 aromatic carbocycles. The van der Waals surface area contributed by atoms with Crippen LogP contribution in [0.4, 0.5) is 13.2 Å². The molecule has 1 atom stereocenters. The van der Waals surface area contributed by atoms with Gasteiger partial charge in [0, 0.05) is 5.56 Å². The molecule has 6 nitrogen and oxygen atoms in total. The Balaban J connectivity index is 2.34. The van der Waals surface area contributed by atoms with E-state index in [2.05, 4.69) is 5.16 Å². The Labute approximate surface area is 135 Å². The molecule has 2 aromatic rings. The van der Waals surface area contributed by atoms with Crippen molar-refractivity contribution in [1.29, 1.82) is 0 Å². The maximum absolute atomic E-state index is 12.2. The number of aliphatic hydroxyl groups excluding tert-OH is 1. The largest absolute Gasteiger partial charge is 0.497 e. The van der Waals surface area contributed by atoms with E-state index in [1.807, 2.05) is 0 Å². The maximum atomic E-state index is 12.2. The van der Waals surface area contributed by atoms with Crippen molar-refractivity contribution in [3.05, 3.63) is 35.6 Å². The summed E-state index contributed by atoms with van der Waals surface area (Å²) < 4.78 is 46.5. The van der Waals surface area contributed by atoms with E-state index in [1.165, 1.54) is 14.0 Å². The van der Waals surface area contributed by atoms with Gasteiger partial charge < -0.3 is 19.7 Å². The molecule has 130 valence electrons. The lowest BCUT2D eigenvalue weighted by molar-refractivity contribution is -0.123. The number of carbonyl (C=O) groups is 1. The van der Waals surface area contributed by atoms with Crippen LogP contribution in [0.5, 0.6) is 5.75 Å². The zero-order valence-electron chi connectivity index (χ0n) is 12.8. The van der Waals surface area contributed by atoms with E-state index >= 15 is 0 Å². The number of rotatable bonds is 5. The fraction of sp³-hybridized carbons (Fsp3) is 0.333. The lowest BCUT2D eigenvalue weighted by Crippen LogP contribution is -2.34. The summed E-state index contributed by atoms with van der Waals surface area (Å²) in [5, 5.41) is 15.3. The van der Waals surface area contributed by atoms with Gasteiger partial charge in [-0.1, -0.05) is 5.16 Å². The van der Waals surface area contributed by atoms with Crippen molar-refractivity contribution in [2.75, 3.05) is 13.7 Å². The molecule has 0 aliphatic heterocycles. The molecule has 1 aromatic heterocycles. The number of ether oxygens (including phenoxy) is 1. The SMILES string of the molecule is COc1ccc(-c2noc(C(=O)NCC(F)(F)F)c2C(C)O)cc1. The predicted octanol–water partition coefficient (Wildman–Crippen LogP) is 2.70. The second-order valence-corrected chi connectivity index (χ2v) is 4.98. The zero-order valence-corrected chi connectivity index (χ0v) is 12.8. The average Bonchev–Trinajstić information content (AvgIpc) is 2.97. The Kier molecular flexibility index (Phi) is 5.13. The van der Waals surface area contributed by atoms with Gasteiger partial charge in [-0.2, -0.15) is 13.2 Å². The summed E-state index contributed by atoms with van der Waals surface area (Å²) >= 11 is 0. The molecule has 0 aliphatic rings. The van der Waals surface area contributed by atoms with Gasteiger partial charge in [-0.05, 0) is 31.2 Å². The Morgan fingerprint density at radius 3 is 2.50 bits per heavy atom. The monoisotopic (exact) mass is 344 g/mol. The molecule has 0 aliphatic carbocycles. The van der Waals surface area contributed by atoms with Gasteiger partial charge in [-0.3, -0.25) is 4.79 Å². The summed E-state index contributed by atoms with van der Waals surface area (Å²) in [5.41, 5.74) is 0.704. The van der Waals surface area contributed by atoms with Crippen LogP contribution < -0.4 is 10.1 Å². The topological polar surface area (TPSA) is 84.6 Å². The molecule has 0 bridgehead atoms. The molecule has 24 heavy (non-hydrogen) atoms. The van der Waals surface area contributed by atoms with E-state index in [0.717, 1.165) is 0 Å². The number of carbonyl (C=O) groups excluding carboxylic acids is 1. The van der Waals surface area contributed by atoms with Gasteiger partial charge >= 0.3 is 6.18 Å². The van der Waals surface area contributed by atoms with E-state index in [4.69, 9.17) is 9.26 Å². The van der Waals surface area contributed by atoms with E-state index in [-0.39, 0.29) is 11.3 Å². The van der Waals surface area contributed by atoms with Crippen molar-refractivity contribution in [2.24, 2.45) is 0 Å². The molecule has 2 rings (SSSR count). The number of halogens is 3. The van der Waals surface area contributed by atoms with Gasteiger partial charge in [0.05, 0.1) is 18.8 Å². The van der Waals surface area contributed by atoms with Gasteiger partial charge in [0.2, 0.25) is 5.76 Å². The van der Waals surface area contributed by atoms with Crippen LogP contribution >= 0.6 is 0 Å². The molecule has 0 saturated carbocycles. The Morgan fingerprint density at radius 1 is 1.38 bits per heavy atom. The zero-order chi connectivity index (χ0) is 17.9. The minimum atomic E-state index is -4.56. The average molecular weight is 344 g/mol. The van der Waals surface area contributed by atoms with Crippen molar-refractivity contribution in [2.45, 2.75) is 19.2 Å². The van der Waals surface area contributed by atoms with E-state index in [0.29, 0.717) is 11.3 Å². The van der Waals surface area contributed by atoms with Crippen molar-refractivity contribution in [3.63, 3.8) is 0 Å². The maximum Gasteiger partial charge on any atom is 0.405 e. The third-order valence-corrected chi connectivity index (χ3v) is 3.16. The number of hydrogen-bond acceptors (Lipinski definition) is 5. The number of amides is 1. The van der Waals surface area contributed by atoms with Crippen LogP contribution in [-0.2, 0) is 0 Å². The first-order chi connectivity index (χ1) is 11.2. The van der Waals surface area contributed by atoms with Gasteiger partial charge in [0.1, 0.15) is 18.0 Å². The van der Waals surface area contributed by atoms with Crippen LogP contribution in [0, 0.1) is 0 Å². The third-order valence-electron chi connectivity index (χ3n) is 3.16. The van der Waals surface area contributed by atoms with Gasteiger partial charge in [0.15, 0.2) is 0 Å². The number of benzene rings is 1. The molecule has 0 spiro atoms. The molecule has 1 heterocycles. The lowest BCUT2D eigenvalue weighted by Gasteiger charge is -2.09. The number of alkyl halides is 3. The number of aliphatic hydroxyl groups is 1. The number of nitrogens with zero attached hydrogens (tertiary/aromatic N) is 1. The van der Waals surface area contributed by atoms with E-state index in [9.17, 15) is 23.1 Å². The van der Waals surface area contributed by atoms with Gasteiger partial charge in [-0.25, -0.2) is 0 Å². The highest BCUT2D eigenvalue weighted by Gasteiger charge is 2.31. The van der Waals surface area contributed by atoms with Crippen molar-refractivity contribution >= 4 is 5.91 Å². The summed E-state index contributed by atoms with van der Waals surface area (Å²) in [4.78, 5) is 11.9. The van der Waals surface area contributed by atoms with Crippen LogP contribution in [0.25, 0.3) is 11.3 Å². The first-order valence-corrected chi connectivity index (χ1v) is 6.90. The third kappa shape index (κ3) is 4.05. The summed E-state index contributed by atoms with van der Waals surface area (Å²) in [6.07, 6.45) is -5.72. The van der Waals surface area contributed by atoms with Crippen molar-refractivity contribution in [3.8, 4) is 17.0 Å². The first kappa shape index (κ1) is 17.8. The highest BCUT2D eigenvalue weighted by molar-refractivity contribution is 5.94. The number of nitrogens with one attached hydrogen (secondary N) is 1. The first-order valence-electron chi connectivity index (χ1n) is 6.90. The minimum Gasteiger partial charge on any atom is -0.497 e. The Hall–Kier alpha value is -2.55. The highest BCUT2D eigenvalue weighted by atomic mass is 19.4. The van der Waals surface area contributed by atoms with Crippen LogP contribution in [-0.4, -0.2) is 36.0 Å². The molecular weight excluding hydrogens is 329 g/mol.